The van der Waals surface area contributed by atoms with Crippen molar-refractivity contribution in [2.24, 2.45) is 0 Å². The van der Waals surface area contributed by atoms with Gasteiger partial charge in [0.05, 0.1) is 5.69 Å². The standard InChI is InChI=1S/C21H26N6/c1-2-5-15(4-1)24-19-14-17(16-8-9-23-21(16)26-19)18-6-3-7-20(25-18)27-12-10-22-11-13-27/h3,6-9,14-15,22H,1-2,4-5,10-13H2,(H2,23,24,26). The first kappa shape index (κ1) is 16.6. The first-order valence-electron chi connectivity index (χ1n) is 10.0. The Morgan fingerprint density at radius 3 is 2.74 bits per heavy atom. The number of H-pyrrole nitrogens is 1. The van der Waals surface area contributed by atoms with Gasteiger partial charge in [-0.2, -0.15) is 0 Å². The van der Waals surface area contributed by atoms with E-state index in [0.717, 1.165) is 60.1 Å². The number of nitrogens with one attached hydrogen (secondary N) is 3. The zero-order chi connectivity index (χ0) is 18.1. The van der Waals surface area contributed by atoms with Crippen molar-refractivity contribution in [2.45, 2.75) is 31.7 Å². The van der Waals surface area contributed by atoms with E-state index in [2.05, 4.69) is 50.8 Å². The zero-order valence-electron chi connectivity index (χ0n) is 15.5. The average Bonchev–Trinajstić information content (AvgIpc) is 3.40. The summed E-state index contributed by atoms with van der Waals surface area (Å²) in [5.41, 5.74) is 3.06. The molecule has 3 aromatic heterocycles. The molecule has 6 nitrogen and oxygen atoms in total. The van der Waals surface area contributed by atoms with Gasteiger partial charge in [-0.05, 0) is 37.1 Å². The molecule has 3 aromatic rings. The van der Waals surface area contributed by atoms with Gasteiger partial charge in [0.15, 0.2) is 0 Å². The molecule has 140 valence electrons. The van der Waals surface area contributed by atoms with Crippen LogP contribution in [0.5, 0.6) is 0 Å². The van der Waals surface area contributed by atoms with Crippen LogP contribution in [-0.4, -0.2) is 47.2 Å². The Bertz CT molecular complexity index is 921. The molecule has 0 spiro atoms. The molecule has 1 aliphatic carbocycles. The molecule has 27 heavy (non-hydrogen) atoms. The van der Waals surface area contributed by atoms with Crippen molar-refractivity contribution < 1.29 is 0 Å². The monoisotopic (exact) mass is 362 g/mol. The highest BCUT2D eigenvalue weighted by Gasteiger charge is 2.18. The van der Waals surface area contributed by atoms with Gasteiger partial charge in [-0.1, -0.05) is 18.9 Å². The third-order valence-electron chi connectivity index (χ3n) is 5.69. The smallest absolute Gasteiger partial charge is 0.140 e. The summed E-state index contributed by atoms with van der Waals surface area (Å²) in [5.74, 6) is 2.00. The van der Waals surface area contributed by atoms with Crippen molar-refractivity contribution >= 4 is 22.7 Å². The van der Waals surface area contributed by atoms with E-state index in [0.29, 0.717) is 6.04 Å². The van der Waals surface area contributed by atoms with Gasteiger partial charge < -0.3 is 20.5 Å². The van der Waals surface area contributed by atoms with Crippen LogP contribution in [0.15, 0.2) is 36.5 Å². The SMILES string of the molecule is c1cc(-c2cc(NC3CCCC3)nc3[nH]ccc23)nc(N2CCNCC2)c1. The number of anilines is 2. The van der Waals surface area contributed by atoms with Crippen molar-refractivity contribution in [3.63, 3.8) is 0 Å². The molecule has 0 aromatic carbocycles. The van der Waals surface area contributed by atoms with Crippen LogP contribution in [0.2, 0.25) is 0 Å². The lowest BCUT2D eigenvalue weighted by molar-refractivity contribution is 0.585. The van der Waals surface area contributed by atoms with Crippen molar-refractivity contribution in [2.75, 3.05) is 36.4 Å². The number of rotatable bonds is 4. The lowest BCUT2D eigenvalue weighted by Crippen LogP contribution is -2.43. The van der Waals surface area contributed by atoms with Gasteiger partial charge in [0, 0.05) is 49.4 Å². The van der Waals surface area contributed by atoms with Crippen LogP contribution in [0.25, 0.3) is 22.3 Å². The molecule has 0 unspecified atom stereocenters. The fourth-order valence-electron chi connectivity index (χ4n) is 4.25. The second-order valence-corrected chi connectivity index (χ2v) is 7.54. The van der Waals surface area contributed by atoms with E-state index in [1.54, 1.807) is 0 Å². The maximum atomic E-state index is 5.00. The molecule has 2 fully saturated rings. The molecule has 4 heterocycles. The Labute approximate surface area is 159 Å². The topological polar surface area (TPSA) is 68.9 Å². The van der Waals surface area contributed by atoms with Gasteiger partial charge in [0.2, 0.25) is 0 Å². The van der Waals surface area contributed by atoms with Gasteiger partial charge in [0.25, 0.3) is 0 Å². The highest BCUT2D eigenvalue weighted by Crippen LogP contribution is 2.31. The molecular formula is C21H26N6. The van der Waals surface area contributed by atoms with E-state index in [1.165, 1.54) is 25.7 Å². The Hall–Kier alpha value is -2.60. The summed E-state index contributed by atoms with van der Waals surface area (Å²) in [6.45, 7) is 4.03. The molecule has 0 bridgehead atoms. The number of hydrogen-bond acceptors (Lipinski definition) is 5. The molecule has 5 rings (SSSR count). The van der Waals surface area contributed by atoms with Gasteiger partial charge in [0.1, 0.15) is 17.3 Å². The Morgan fingerprint density at radius 2 is 1.89 bits per heavy atom. The van der Waals surface area contributed by atoms with Crippen LogP contribution in [0, 0.1) is 0 Å². The molecule has 2 aliphatic rings. The number of nitrogens with zero attached hydrogens (tertiary/aromatic N) is 3. The van der Waals surface area contributed by atoms with Crippen LogP contribution in [-0.2, 0) is 0 Å². The minimum atomic E-state index is 0.540. The number of hydrogen-bond donors (Lipinski definition) is 3. The Kier molecular flexibility index (Phi) is 4.41. The first-order valence-corrected chi connectivity index (χ1v) is 10.0. The van der Waals surface area contributed by atoms with Crippen LogP contribution in [0.3, 0.4) is 0 Å². The number of fused-ring (bicyclic) bond motifs is 1. The number of pyridine rings is 2. The Morgan fingerprint density at radius 1 is 1.04 bits per heavy atom. The Balaban J connectivity index is 1.52. The molecule has 6 heteroatoms. The van der Waals surface area contributed by atoms with Crippen molar-refractivity contribution in [3.8, 4) is 11.3 Å². The third-order valence-corrected chi connectivity index (χ3v) is 5.69. The van der Waals surface area contributed by atoms with Gasteiger partial charge >= 0.3 is 0 Å². The third kappa shape index (κ3) is 3.37. The van der Waals surface area contributed by atoms with Gasteiger partial charge in [-0.25, -0.2) is 9.97 Å². The van der Waals surface area contributed by atoms with Crippen molar-refractivity contribution in [1.29, 1.82) is 0 Å². The fraction of sp³-hybridized carbons (Fsp3) is 0.429. The lowest BCUT2D eigenvalue weighted by atomic mass is 10.1. The van der Waals surface area contributed by atoms with E-state index < -0.39 is 0 Å². The van der Waals surface area contributed by atoms with Crippen LogP contribution in [0.1, 0.15) is 25.7 Å². The minimum Gasteiger partial charge on any atom is -0.367 e. The number of piperazine rings is 1. The van der Waals surface area contributed by atoms with E-state index in [4.69, 9.17) is 9.97 Å². The molecule has 0 atom stereocenters. The summed E-state index contributed by atoms with van der Waals surface area (Å²) in [6.07, 6.45) is 7.04. The van der Waals surface area contributed by atoms with Crippen LogP contribution in [0.4, 0.5) is 11.6 Å². The summed E-state index contributed by atoms with van der Waals surface area (Å²) >= 11 is 0. The normalized spacial score (nSPS) is 18.3. The predicted molar refractivity (Wildman–Crippen MR) is 110 cm³/mol. The van der Waals surface area contributed by atoms with Gasteiger partial charge in [-0.3, -0.25) is 0 Å². The molecular weight excluding hydrogens is 336 g/mol. The summed E-state index contributed by atoms with van der Waals surface area (Å²) in [7, 11) is 0. The minimum absolute atomic E-state index is 0.540. The molecule has 0 radical (unpaired) electrons. The number of aromatic nitrogens is 3. The zero-order valence-corrected chi connectivity index (χ0v) is 15.5. The summed E-state index contributed by atoms with van der Waals surface area (Å²) in [4.78, 5) is 15.4. The lowest BCUT2D eigenvalue weighted by Gasteiger charge is -2.28. The van der Waals surface area contributed by atoms with E-state index in [9.17, 15) is 0 Å². The predicted octanol–water partition coefficient (Wildman–Crippen LogP) is 3.39. The summed E-state index contributed by atoms with van der Waals surface area (Å²) in [6, 6.07) is 11.1. The van der Waals surface area contributed by atoms with Gasteiger partial charge in [-0.15, -0.1) is 0 Å². The molecule has 0 amide bonds. The van der Waals surface area contributed by atoms with Crippen LogP contribution >= 0.6 is 0 Å². The first-order chi connectivity index (χ1) is 13.4. The molecule has 1 saturated heterocycles. The van der Waals surface area contributed by atoms with E-state index in [-0.39, 0.29) is 0 Å². The van der Waals surface area contributed by atoms with Crippen LogP contribution < -0.4 is 15.5 Å². The largest absolute Gasteiger partial charge is 0.367 e. The number of aromatic amines is 1. The van der Waals surface area contributed by atoms with E-state index in [1.807, 2.05) is 6.20 Å². The summed E-state index contributed by atoms with van der Waals surface area (Å²) in [5, 5.41) is 8.16. The maximum absolute atomic E-state index is 5.00. The average molecular weight is 362 g/mol. The fourth-order valence-corrected chi connectivity index (χ4v) is 4.25. The molecule has 1 saturated carbocycles. The second kappa shape index (κ2) is 7.19. The van der Waals surface area contributed by atoms with Crippen molar-refractivity contribution in [3.05, 3.63) is 36.5 Å². The van der Waals surface area contributed by atoms with E-state index >= 15 is 0 Å². The molecule has 3 N–H and O–H groups in total. The van der Waals surface area contributed by atoms with Crippen molar-refractivity contribution in [1.82, 2.24) is 20.3 Å². The highest BCUT2D eigenvalue weighted by atomic mass is 15.2. The molecule has 1 aliphatic heterocycles. The summed E-state index contributed by atoms with van der Waals surface area (Å²) < 4.78 is 0. The quantitative estimate of drug-likeness (QED) is 0.664. The second-order valence-electron chi connectivity index (χ2n) is 7.54. The maximum Gasteiger partial charge on any atom is 0.140 e. The highest BCUT2D eigenvalue weighted by molar-refractivity contribution is 5.94.